The molecule has 1 N–H and O–H groups in total. The molecule has 3 rings (SSSR count). The van der Waals surface area contributed by atoms with Crippen LogP contribution in [0.1, 0.15) is 40.9 Å². The number of aromatic nitrogens is 2. The van der Waals surface area contributed by atoms with Crippen LogP contribution in [0.5, 0.6) is 5.88 Å². The molecule has 6 nitrogen and oxygen atoms in total. The molecule has 0 radical (unpaired) electrons. The molecule has 9 heteroatoms. The van der Waals surface area contributed by atoms with E-state index in [4.69, 9.17) is 4.74 Å². The molecular weight excluding hydrogens is 387 g/mol. The highest BCUT2D eigenvalue weighted by atomic mass is 19.4. The number of carbonyl (C=O) groups excluding carboxylic acids is 2. The van der Waals surface area contributed by atoms with E-state index in [1.807, 2.05) is 0 Å². The maximum absolute atomic E-state index is 12.5. The number of Topliss-reactive ketones (excluding diaryl/α,β-unsaturated/α-hetero) is 1. The van der Waals surface area contributed by atoms with Gasteiger partial charge in [-0.2, -0.15) is 13.2 Å². The van der Waals surface area contributed by atoms with Crippen LogP contribution in [0.3, 0.4) is 0 Å². The summed E-state index contributed by atoms with van der Waals surface area (Å²) in [5.41, 5.74) is 1.55. The van der Waals surface area contributed by atoms with Crippen LogP contribution in [0.2, 0.25) is 0 Å². The fourth-order valence-electron chi connectivity index (χ4n) is 2.70. The molecule has 2 aromatic heterocycles. The summed E-state index contributed by atoms with van der Waals surface area (Å²) in [7, 11) is 0. The fourth-order valence-corrected chi connectivity index (χ4v) is 2.70. The van der Waals surface area contributed by atoms with E-state index in [0.717, 1.165) is 12.8 Å². The molecule has 1 aliphatic rings. The van der Waals surface area contributed by atoms with Crippen molar-refractivity contribution in [2.45, 2.75) is 38.8 Å². The summed E-state index contributed by atoms with van der Waals surface area (Å²) in [6.45, 7) is 0.291. The van der Waals surface area contributed by atoms with Crippen molar-refractivity contribution in [2.75, 3.05) is 11.9 Å². The van der Waals surface area contributed by atoms with Gasteiger partial charge >= 0.3 is 6.18 Å². The molecule has 154 valence electrons. The second-order valence-corrected chi connectivity index (χ2v) is 6.99. The first-order chi connectivity index (χ1) is 13.7. The van der Waals surface area contributed by atoms with Gasteiger partial charge in [0, 0.05) is 35.9 Å². The minimum atomic E-state index is -4.45. The van der Waals surface area contributed by atoms with Crippen molar-refractivity contribution in [1.82, 2.24) is 9.97 Å². The highest BCUT2D eigenvalue weighted by Crippen LogP contribution is 2.30. The van der Waals surface area contributed by atoms with Gasteiger partial charge in [0.1, 0.15) is 5.82 Å². The first-order valence-electron chi connectivity index (χ1n) is 9.17. The molecule has 1 saturated carbocycles. The third-order valence-electron chi connectivity index (χ3n) is 4.27. The van der Waals surface area contributed by atoms with Gasteiger partial charge in [-0.15, -0.1) is 0 Å². The predicted molar refractivity (Wildman–Crippen MR) is 98.8 cm³/mol. The van der Waals surface area contributed by atoms with Gasteiger partial charge in [-0.3, -0.25) is 9.59 Å². The number of halogens is 3. The van der Waals surface area contributed by atoms with Gasteiger partial charge in [0.05, 0.1) is 0 Å². The van der Waals surface area contributed by atoms with E-state index in [9.17, 15) is 22.8 Å². The molecule has 0 saturated heterocycles. The predicted octanol–water partition coefficient (Wildman–Crippen LogP) is 3.89. The molecule has 0 aliphatic heterocycles. The number of anilines is 1. The maximum atomic E-state index is 12.5. The van der Waals surface area contributed by atoms with Crippen molar-refractivity contribution in [3.63, 3.8) is 0 Å². The summed E-state index contributed by atoms with van der Waals surface area (Å²) >= 11 is 0. The molecule has 1 fully saturated rings. The number of nitrogens with zero attached hydrogens (tertiary/aromatic N) is 2. The molecule has 1 aliphatic carbocycles. The Bertz CT molecular complexity index is 911. The lowest BCUT2D eigenvalue weighted by Crippen LogP contribution is -2.19. The maximum Gasteiger partial charge on any atom is 0.422 e. The summed E-state index contributed by atoms with van der Waals surface area (Å²) in [6.07, 6.45) is -0.922. The number of rotatable bonds is 8. The van der Waals surface area contributed by atoms with Crippen LogP contribution in [0.4, 0.5) is 19.0 Å². The lowest BCUT2D eigenvalue weighted by atomic mass is 10.1. The van der Waals surface area contributed by atoms with Gasteiger partial charge < -0.3 is 10.1 Å². The Balaban J connectivity index is 1.60. The van der Waals surface area contributed by atoms with Crippen LogP contribution >= 0.6 is 0 Å². The van der Waals surface area contributed by atoms with E-state index in [2.05, 4.69) is 15.3 Å². The summed E-state index contributed by atoms with van der Waals surface area (Å²) in [6, 6.07) is 6.18. The Morgan fingerprint density at radius 1 is 1.24 bits per heavy atom. The number of carbonyl (C=O) groups is 2. The summed E-state index contributed by atoms with van der Waals surface area (Å²) < 4.78 is 41.6. The van der Waals surface area contributed by atoms with Gasteiger partial charge in [-0.25, -0.2) is 9.97 Å². The van der Waals surface area contributed by atoms with Crippen LogP contribution < -0.4 is 10.1 Å². The van der Waals surface area contributed by atoms with Gasteiger partial charge in [-0.1, -0.05) is 0 Å². The zero-order valence-electron chi connectivity index (χ0n) is 15.8. The second kappa shape index (κ2) is 8.59. The molecule has 1 amide bonds. The van der Waals surface area contributed by atoms with Crippen LogP contribution in [-0.2, 0) is 11.2 Å². The summed E-state index contributed by atoms with van der Waals surface area (Å²) in [4.78, 5) is 32.4. The second-order valence-electron chi connectivity index (χ2n) is 6.99. The first kappa shape index (κ1) is 20.8. The number of ketones is 1. The number of amides is 1. The third-order valence-corrected chi connectivity index (χ3v) is 4.27. The number of hydrogen-bond donors (Lipinski definition) is 1. The van der Waals surface area contributed by atoms with Gasteiger partial charge in [-0.05, 0) is 49.9 Å². The number of hydrogen-bond acceptors (Lipinski definition) is 5. The van der Waals surface area contributed by atoms with Gasteiger partial charge in [0.15, 0.2) is 12.4 Å². The molecule has 0 atom stereocenters. The fraction of sp³-hybridized carbons (Fsp3) is 0.400. The number of aryl methyl sites for hydroxylation is 2. The molecule has 0 aromatic carbocycles. The Morgan fingerprint density at radius 2 is 2.00 bits per heavy atom. The minimum absolute atomic E-state index is 0.0253. The number of alkyl halides is 3. The van der Waals surface area contributed by atoms with E-state index in [1.54, 1.807) is 19.1 Å². The quantitative estimate of drug-likeness (QED) is 0.672. The Kier molecular flexibility index (Phi) is 6.14. The molecular formula is C20H20F3N3O3. The molecule has 0 bridgehead atoms. The minimum Gasteiger partial charge on any atom is -0.468 e. The van der Waals surface area contributed by atoms with Crippen LogP contribution in [0.15, 0.2) is 30.5 Å². The zero-order chi connectivity index (χ0) is 21.0. The first-order valence-corrected chi connectivity index (χ1v) is 9.17. The molecule has 29 heavy (non-hydrogen) atoms. The van der Waals surface area contributed by atoms with E-state index in [-0.39, 0.29) is 36.3 Å². The topological polar surface area (TPSA) is 81.2 Å². The lowest BCUT2D eigenvalue weighted by molar-refractivity contribution is -0.154. The monoisotopic (exact) mass is 407 g/mol. The highest BCUT2D eigenvalue weighted by Gasteiger charge is 2.30. The zero-order valence-corrected chi connectivity index (χ0v) is 15.8. The normalized spacial score (nSPS) is 13.8. The standard InChI is InChI=1S/C20H20F3N3O3/c1-12-8-15(25-18(9-12)29-11-20(21,22)23)4-5-16(27)14-6-7-24-17(10-14)26-19(28)13-2-3-13/h6-10,13H,2-5,11H2,1H3,(H,24,26,28). The highest BCUT2D eigenvalue weighted by molar-refractivity contribution is 5.98. The number of nitrogens with one attached hydrogen (secondary N) is 1. The Hall–Kier alpha value is -2.97. The van der Waals surface area contributed by atoms with Crippen molar-refractivity contribution < 1.29 is 27.5 Å². The van der Waals surface area contributed by atoms with Crippen LogP contribution in [-0.4, -0.2) is 34.4 Å². The van der Waals surface area contributed by atoms with Crippen molar-refractivity contribution >= 4 is 17.5 Å². The molecule has 2 heterocycles. The van der Waals surface area contributed by atoms with Crippen LogP contribution in [0.25, 0.3) is 0 Å². The van der Waals surface area contributed by atoms with Crippen molar-refractivity contribution in [3.8, 4) is 5.88 Å². The molecule has 2 aromatic rings. The van der Waals surface area contributed by atoms with Gasteiger partial charge in [0.2, 0.25) is 11.8 Å². The number of pyridine rings is 2. The van der Waals surface area contributed by atoms with Crippen molar-refractivity contribution in [2.24, 2.45) is 5.92 Å². The smallest absolute Gasteiger partial charge is 0.422 e. The SMILES string of the molecule is Cc1cc(CCC(=O)c2ccnc(NC(=O)C3CC3)c2)nc(OCC(F)(F)F)c1. The lowest BCUT2D eigenvalue weighted by Gasteiger charge is -2.10. The van der Waals surface area contributed by atoms with Crippen molar-refractivity contribution in [1.29, 1.82) is 0 Å². The van der Waals surface area contributed by atoms with Gasteiger partial charge in [0.25, 0.3) is 0 Å². The Labute approximate surface area is 165 Å². The van der Waals surface area contributed by atoms with E-state index in [1.165, 1.54) is 18.3 Å². The average molecular weight is 407 g/mol. The Morgan fingerprint density at radius 3 is 2.69 bits per heavy atom. The van der Waals surface area contributed by atoms with E-state index < -0.39 is 12.8 Å². The summed E-state index contributed by atoms with van der Waals surface area (Å²) in [5, 5.41) is 2.69. The largest absolute Gasteiger partial charge is 0.468 e. The van der Waals surface area contributed by atoms with Crippen molar-refractivity contribution in [3.05, 3.63) is 47.3 Å². The molecule has 0 unspecified atom stereocenters. The van der Waals surface area contributed by atoms with Crippen LogP contribution in [0, 0.1) is 12.8 Å². The molecule has 0 spiro atoms. The third kappa shape index (κ3) is 6.55. The summed E-state index contributed by atoms with van der Waals surface area (Å²) in [5.74, 6) is -0.0619. The van der Waals surface area contributed by atoms with E-state index >= 15 is 0 Å². The number of ether oxygens (including phenoxy) is 1. The van der Waals surface area contributed by atoms with E-state index in [0.29, 0.717) is 22.6 Å². The average Bonchev–Trinajstić information content (AvgIpc) is 3.49.